The number of rotatable bonds is 3. The first-order valence-corrected chi connectivity index (χ1v) is 9.11. The molecule has 0 unspecified atom stereocenters. The number of thiophene rings is 1. The number of nitrogens with one attached hydrogen (secondary N) is 1. The summed E-state index contributed by atoms with van der Waals surface area (Å²) in [6, 6.07) is 4.31. The van der Waals surface area contributed by atoms with Gasteiger partial charge in [-0.3, -0.25) is 4.99 Å². The molecule has 0 aromatic carbocycles. The molecule has 0 atom stereocenters. The maximum Gasteiger partial charge on any atom is 0.194 e. The second kappa shape index (κ2) is 7.11. The predicted octanol–water partition coefficient (Wildman–Crippen LogP) is 2.41. The van der Waals surface area contributed by atoms with Gasteiger partial charge >= 0.3 is 0 Å². The molecule has 22 heavy (non-hydrogen) atoms. The molecule has 0 radical (unpaired) electrons. The minimum absolute atomic E-state index is 0.795. The van der Waals surface area contributed by atoms with E-state index in [4.69, 9.17) is 0 Å². The van der Waals surface area contributed by atoms with Gasteiger partial charge in [-0.25, -0.2) is 4.98 Å². The summed E-state index contributed by atoms with van der Waals surface area (Å²) in [5.41, 5.74) is 0. The normalized spacial score (nSPS) is 16.2. The Morgan fingerprint density at radius 2 is 2.18 bits per heavy atom. The molecule has 1 aliphatic rings. The lowest BCUT2D eigenvalue weighted by Crippen LogP contribution is -2.52. The molecule has 0 spiro atoms. The maximum absolute atomic E-state index is 4.42. The first kappa shape index (κ1) is 15.3. The van der Waals surface area contributed by atoms with Crippen LogP contribution in [0.15, 0.2) is 28.7 Å². The van der Waals surface area contributed by atoms with Gasteiger partial charge in [-0.2, -0.15) is 0 Å². The van der Waals surface area contributed by atoms with Crippen LogP contribution >= 0.6 is 22.7 Å². The number of piperazine rings is 1. The molecule has 2 aromatic rings. The number of guanidine groups is 1. The third kappa shape index (κ3) is 3.59. The first-order chi connectivity index (χ1) is 10.8. The predicted molar refractivity (Wildman–Crippen MR) is 95.2 cm³/mol. The van der Waals surface area contributed by atoms with E-state index >= 15 is 0 Å². The second-order valence-corrected chi connectivity index (χ2v) is 7.42. The van der Waals surface area contributed by atoms with Crippen molar-refractivity contribution in [1.82, 2.24) is 15.2 Å². The van der Waals surface area contributed by atoms with Crippen molar-refractivity contribution in [3.8, 4) is 0 Å². The Morgan fingerprint density at radius 1 is 1.36 bits per heavy atom. The van der Waals surface area contributed by atoms with E-state index < -0.39 is 0 Å². The van der Waals surface area contributed by atoms with Gasteiger partial charge in [0.2, 0.25) is 0 Å². The zero-order valence-electron chi connectivity index (χ0n) is 13.0. The van der Waals surface area contributed by atoms with E-state index in [2.05, 4.69) is 42.6 Å². The Bertz CT molecular complexity index is 612. The van der Waals surface area contributed by atoms with Gasteiger partial charge < -0.3 is 15.1 Å². The summed E-state index contributed by atoms with van der Waals surface area (Å²) >= 11 is 3.54. The van der Waals surface area contributed by atoms with Crippen molar-refractivity contribution in [2.75, 3.05) is 38.1 Å². The summed E-state index contributed by atoms with van der Waals surface area (Å²) in [5.74, 6) is 0.983. The van der Waals surface area contributed by atoms with Crippen LogP contribution in [0.2, 0.25) is 0 Å². The number of hydrogen-bond donors (Lipinski definition) is 1. The Hall–Kier alpha value is -1.60. The Kier molecular flexibility index (Phi) is 4.94. The number of aromatic nitrogens is 1. The average molecular weight is 336 g/mol. The smallest absolute Gasteiger partial charge is 0.194 e. The van der Waals surface area contributed by atoms with Gasteiger partial charge in [0.15, 0.2) is 5.96 Å². The average Bonchev–Trinajstić information content (AvgIpc) is 3.20. The molecule has 0 bridgehead atoms. The van der Waals surface area contributed by atoms with E-state index in [1.807, 2.05) is 31.5 Å². The number of anilines is 1. The van der Waals surface area contributed by atoms with Gasteiger partial charge in [-0.05, 0) is 24.4 Å². The highest BCUT2D eigenvalue weighted by atomic mass is 32.1. The zero-order chi connectivity index (χ0) is 15.4. The monoisotopic (exact) mass is 335 g/mol. The molecular weight excluding hydrogens is 314 g/mol. The SMILES string of the molecule is CN=C(NCc1cnc(C)s1)N1CCN(c2cccs2)CC1. The highest BCUT2D eigenvalue weighted by Gasteiger charge is 2.20. The largest absolute Gasteiger partial charge is 0.360 e. The molecular formula is C15H21N5S2. The third-order valence-electron chi connectivity index (χ3n) is 3.70. The quantitative estimate of drug-likeness (QED) is 0.691. The van der Waals surface area contributed by atoms with Crippen molar-refractivity contribution >= 4 is 33.6 Å². The molecule has 1 N–H and O–H groups in total. The minimum atomic E-state index is 0.795. The van der Waals surface area contributed by atoms with Crippen molar-refractivity contribution in [3.63, 3.8) is 0 Å². The van der Waals surface area contributed by atoms with Crippen molar-refractivity contribution in [1.29, 1.82) is 0 Å². The van der Waals surface area contributed by atoms with Crippen LogP contribution in [-0.2, 0) is 6.54 Å². The zero-order valence-corrected chi connectivity index (χ0v) is 14.6. The maximum atomic E-state index is 4.42. The number of nitrogens with zero attached hydrogens (tertiary/aromatic N) is 4. The number of aryl methyl sites for hydroxylation is 1. The molecule has 1 aliphatic heterocycles. The summed E-state index contributed by atoms with van der Waals surface area (Å²) in [5, 5.41) is 8.06. The lowest BCUT2D eigenvalue weighted by molar-refractivity contribution is 0.373. The topological polar surface area (TPSA) is 43.8 Å². The second-order valence-electron chi connectivity index (χ2n) is 5.17. The van der Waals surface area contributed by atoms with Crippen LogP contribution in [0.3, 0.4) is 0 Å². The van der Waals surface area contributed by atoms with Gasteiger partial charge in [-0.15, -0.1) is 22.7 Å². The fourth-order valence-corrected chi connectivity index (χ4v) is 4.09. The van der Waals surface area contributed by atoms with Crippen LogP contribution in [-0.4, -0.2) is 49.1 Å². The lowest BCUT2D eigenvalue weighted by atomic mass is 10.3. The summed E-state index contributed by atoms with van der Waals surface area (Å²) < 4.78 is 0. The van der Waals surface area contributed by atoms with Gasteiger partial charge in [-0.1, -0.05) is 0 Å². The number of hydrogen-bond acceptors (Lipinski definition) is 5. The highest BCUT2D eigenvalue weighted by Crippen LogP contribution is 2.22. The molecule has 1 fully saturated rings. The van der Waals surface area contributed by atoms with Crippen LogP contribution < -0.4 is 10.2 Å². The molecule has 0 amide bonds. The lowest BCUT2D eigenvalue weighted by Gasteiger charge is -2.36. The Balaban J connectivity index is 1.52. The van der Waals surface area contributed by atoms with Crippen LogP contribution in [0, 0.1) is 6.92 Å². The van der Waals surface area contributed by atoms with Crippen molar-refractivity contribution in [2.24, 2.45) is 4.99 Å². The van der Waals surface area contributed by atoms with Crippen molar-refractivity contribution < 1.29 is 0 Å². The first-order valence-electron chi connectivity index (χ1n) is 7.41. The van der Waals surface area contributed by atoms with Crippen LogP contribution in [0.5, 0.6) is 0 Å². The molecule has 7 heteroatoms. The molecule has 0 saturated carbocycles. The van der Waals surface area contributed by atoms with E-state index in [9.17, 15) is 0 Å². The molecule has 5 nitrogen and oxygen atoms in total. The third-order valence-corrected chi connectivity index (χ3v) is 5.54. The highest BCUT2D eigenvalue weighted by molar-refractivity contribution is 7.14. The van der Waals surface area contributed by atoms with Crippen molar-refractivity contribution in [2.45, 2.75) is 13.5 Å². The van der Waals surface area contributed by atoms with E-state index in [-0.39, 0.29) is 0 Å². The molecule has 3 rings (SSSR count). The summed E-state index contributed by atoms with van der Waals surface area (Å²) in [6.07, 6.45) is 1.94. The van der Waals surface area contributed by atoms with Gasteiger partial charge in [0.25, 0.3) is 0 Å². The molecule has 1 saturated heterocycles. The van der Waals surface area contributed by atoms with Gasteiger partial charge in [0, 0.05) is 44.3 Å². The summed E-state index contributed by atoms with van der Waals surface area (Å²) in [6.45, 7) is 6.91. The summed E-state index contributed by atoms with van der Waals surface area (Å²) in [4.78, 5) is 14.7. The minimum Gasteiger partial charge on any atom is -0.360 e. The molecule has 3 heterocycles. The number of thiazole rings is 1. The fraction of sp³-hybridized carbons (Fsp3) is 0.467. The van der Waals surface area contributed by atoms with E-state index in [0.29, 0.717) is 0 Å². The van der Waals surface area contributed by atoms with Crippen LogP contribution in [0.4, 0.5) is 5.00 Å². The Morgan fingerprint density at radius 3 is 2.77 bits per heavy atom. The molecule has 2 aromatic heterocycles. The van der Waals surface area contributed by atoms with E-state index in [0.717, 1.165) is 43.7 Å². The Labute approximate surface area is 139 Å². The van der Waals surface area contributed by atoms with Crippen molar-refractivity contribution in [3.05, 3.63) is 33.6 Å². The molecule has 118 valence electrons. The van der Waals surface area contributed by atoms with Crippen LogP contribution in [0.25, 0.3) is 0 Å². The van der Waals surface area contributed by atoms with E-state index in [1.54, 1.807) is 11.3 Å². The fourth-order valence-electron chi connectivity index (χ4n) is 2.57. The standard InChI is InChI=1S/C15H21N5S2/c1-12-17-10-13(22-12)11-18-15(16-2)20-7-5-19(6-8-20)14-4-3-9-21-14/h3-4,9-10H,5-8,11H2,1-2H3,(H,16,18). The van der Waals surface area contributed by atoms with Gasteiger partial charge in [0.05, 0.1) is 16.6 Å². The molecule has 0 aliphatic carbocycles. The number of aliphatic imine (C=N–C) groups is 1. The van der Waals surface area contributed by atoms with E-state index in [1.165, 1.54) is 9.88 Å². The summed E-state index contributed by atoms with van der Waals surface area (Å²) in [7, 11) is 1.85. The van der Waals surface area contributed by atoms with Gasteiger partial charge in [0.1, 0.15) is 0 Å². The van der Waals surface area contributed by atoms with Crippen LogP contribution in [0.1, 0.15) is 9.88 Å².